The molecule has 3 aromatic rings. The van der Waals surface area contributed by atoms with Crippen molar-refractivity contribution in [2.45, 2.75) is 65.1 Å². The average molecular weight is 424 g/mol. The summed E-state index contributed by atoms with van der Waals surface area (Å²) < 4.78 is 0. The first-order valence-electron chi connectivity index (χ1n) is 11.9. The lowest BCUT2D eigenvalue weighted by Crippen LogP contribution is -2.53. The van der Waals surface area contributed by atoms with Gasteiger partial charge < -0.3 is 4.90 Å². The van der Waals surface area contributed by atoms with Crippen molar-refractivity contribution in [3.05, 3.63) is 83.9 Å². The van der Waals surface area contributed by atoms with Crippen molar-refractivity contribution >= 4 is 17.2 Å². The van der Waals surface area contributed by atoms with Crippen LogP contribution in [0, 0.1) is 6.92 Å². The second kappa shape index (κ2) is 7.51. The predicted octanol–water partition coefficient (Wildman–Crippen LogP) is 7.38. The Balaban J connectivity index is 1.78. The molecule has 0 radical (unpaired) electrons. The molecule has 0 saturated carbocycles. The maximum absolute atomic E-state index is 5.28. The molecular weight excluding hydrogens is 390 g/mol. The van der Waals surface area contributed by atoms with E-state index in [0.717, 1.165) is 24.4 Å². The molecule has 3 nitrogen and oxygen atoms in total. The molecule has 0 N–H and O–H groups in total. The zero-order valence-corrected chi connectivity index (χ0v) is 19.9. The van der Waals surface area contributed by atoms with Crippen molar-refractivity contribution in [3.63, 3.8) is 0 Å². The van der Waals surface area contributed by atoms with Gasteiger partial charge in [-0.2, -0.15) is 0 Å². The summed E-state index contributed by atoms with van der Waals surface area (Å²) in [5.74, 6) is 1.04. The van der Waals surface area contributed by atoms with Crippen molar-refractivity contribution < 1.29 is 0 Å². The molecule has 3 heteroatoms. The van der Waals surface area contributed by atoms with E-state index in [9.17, 15) is 0 Å². The van der Waals surface area contributed by atoms with Crippen LogP contribution in [0.3, 0.4) is 0 Å². The number of fused-ring (bicyclic) bond motifs is 5. The third-order valence-electron chi connectivity index (χ3n) is 7.66. The summed E-state index contributed by atoms with van der Waals surface area (Å²) in [6.45, 7) is 16.1. The van der Waals surface area contributed by atoms with Gasteiger partial charge >= 0.3 is 0 Å². The summed E-state index contributed by atoms with van der Waals surface area (Å²) >= 11 is 0. The summed E-state index contributed by atoms with van der Waals surface area (Å²) in [5.41, 5.74) is 8.57. The van der Waals surface area contributed by atoms with E-state index in [1.807, 2.05) is 0 Å². The predicted molar refractivity (Wildman–Crippen MR) is 136 cm³/mol. The molecule has 1 aromatic heterocycles. The zero-order chi connectivity index (χ0) is 22.6. The molecule has 1 atom stereocenters. The Morgan fingerprint density at radius 1 is 0.938 bits per heavy atom. The quantitative estimate of drug-likeness (QED) is 0.408. The lowest BCUT2D eigenvalue weighted by atomic mass is 9.66. The zero-order valence-electron chi connectivity index (χ0n) is 19.9. The normalized spacial score (nSPS) is 18.6. The van der Waals surface area contributed by atoms with Crippen molar-refractivity contribution in [2.75, 3.05) is 9.80 Å². The molecule has 0 aliphatic carbocycles. The van der Waals surface area contributed by atoms with E-state index in [-0.39, 0.29) is 11.6 Å². The number of aryl methyl sites for hydroxylation is 1. The Hall–Kier alpha value is -3.07. The fraction of sp³-hybridized carbons (Fsp3) is 0.345. The summed E-state index contributed by atoms with van der Waals surface area (Å²) in [5, 5.41) is 0. The molecule has 2 aliphatic rings. The van der Waals surface area contributed by atoms with Gasteiger partial charge in [0.05, 0.1) is 11.4 Å². The molecule has 32 heavy (non-hydrogen) atoms. The third kappa shape index (κ3) is 2.70. The van der Waals surface area contributed by atoms with Crippen LogP contribution < -0.4 is 9.80 Å². The Bertz CT molecular complexity index is 1190. The van der Waals surface area contributed by atoms with Crippen molar-refractivity contribution in [2.24, 2.45) is 0 Å². The van der Waals surface area contributed by atoms with Crippen molar-refractivity contribution in [3.8, 4) is 11.3 Å². The number of aromatic nitrogens is 1. The van der Waals surface area contributed by atoms with Crippen LogP contribution in [0.15, 0.2) is 72.8 Å². The number of benzene rings is 2. The first-order valence-corrected chi connectivity index (χ1v) is 11.9. The average Bonchev–Trinajstić information content (AvgIpc) is 3.15. The molecule has 0 bridgehead atoms. The molecular formula is C29H33N3. The fourth-order valence-electron chi connectivity index (χ4n) is 5.93. The molecule has 2 aromatic carbocycles. The van der Waals surface area contributed by atoms with Gasteiger partial charge in [0.15, 0.2) is 5.82 Å². The smallest absolute Gasteiger partial charge is 0.159 e. The van der Waals surface area contributed by atoms with Crippen molar-refractivity contribution in [1.29, 1.82) is 0 Å². The number of hydrogen-bond donors (Lipinski definition) is 0. The fourth-order valence-corrected chi connectivity index (χ4v) is 5.93. The van der Waals surface area contributed by atoms with Crippen LogP contribution in [0.1, 0.15) is 51.7 Å². The summed E-state index contributed by atoms with van der Waals surface area (Å²) in [4.78, 5) is 10.2. The second-order valence-electron chi connectivity index (χ2n) is 9.43. The molecule has 5 rings (SSSR count). The summed E-state index contributed by atoms with van der Waals surface area (Å²) in [6, 6.07) is 22.2. The maximum Gasteiger partial charge on any atom is 0.159 e. The van der Waals surface area contributed by atoms with Crippen LogP contribution in [0.5, 0.6) is 0 Å². The van der Waals surface area contributed by atoms with E-state index in [1.54, 1.807) is 0 Å². The number of hydrogen-bond acceptors (Lipinski definition) is 3. The molecule has 0 amide bonds. The SMILES string of the molecule is C=C1C2N(c3ccccc3C1(CC)CC)c1nc(-c3ccccc3C)ccc1N2C(C)C. The summed E-state index contributed by atoms with van der Waals surface area (Å²) in [6.07, 6.45) is 2.18. The van der Waals surface area contributed by atoms with Gasteiger partial charge in [-0.15, -0.1) is 0 Å². The minimum absolute atomic E-state index is 0.0220. The van der Waals surface area contributed by atoms with Gasteiger partial charge in [0, 0.05) is 22.7 Å². The van der Waals surface area contributed by atoms with E-state index < -0.39 is 0 Å². The number of nitrogens with zero attached hydrogens (tertiary/aromatic N) is 3. The van der Waals surface area contributed by atoms with Crippen LogP contribution in [0.25, 0.3) is 11.3 Å². The number of para-hydroxylation sites is 1. The Kier molecular flexibility index (Phi) is 4.88. The van der Waals surface area contributed by atoms with Gasteiger partial charge in [-0.1, -0.05) is 62.9 Å². The van der Waals surface area contributed by atoms with E-state index >= 15 is 0 Å². The number of rotatable bonds is 4. The molecule has 164 valence electrons. The highest BCUT2D eigenvalue weighted by Crippen LogP contribution is 2.57. The lowest BCUT2D eigenvalue weighted by molar-refractivity contribution is 0.412. The van der Waals surface area contributed by atoms with Crippen LogP contribution in [0.2, 0.25) is 0 Å². The van der Waals surface area contributed by atoms with E-state index in [4.69, 9.17) is 11.6 Å². The molecule has 0 fully saturated rings. The van der Waals surface area contributed by atoms with Crippen LogP contribution in [-0.2, 0) is 5.41 Å². The van der Waals surface area contributed by atoms with Crippen LogP contribution >= 0.6 is 0 Å². The van der Waals surface area contributed by atoms with E-state index in [2.05, 4.69) is 105 Å². The Morgan fingerprint density at radius 2 is 1.62 bits per heavy atom. The molecule has 0 saturated heterocycles. The van der Waals surface area contributed by atoms with Gasteiger partial charge in [-0.3, -0.25) is 4.90 Å². The highest BCUT2D eigenvalue weighted by Gasteiger charge is 2.52. The highest BCUT2D eigenvalue weighted by atomic mass is 15.5. The highest BCUT2D eigenvalue weighted by molar-refractivity contribution is 5.88. The summed E-state index contributed by atoms with van der Waals surface area (Å²) in [7, 11) is 0. The van der Waals surface area contributed by atoms with E-state index in [1.165, 1.54) is 33.6 Å². The number of anilines is 3. The van der Waals surface area contributed by atoms with E-state index in [0.29, 0.717) is 6.04 Å². The maximum atomic E-state index is 5.28. The molecule has 3 heterocycles. The first kappa shape index (κ1) is 20.8. The minimum atomic E-state index is -0.0220. The Labute approximate surface area is 192 Å². The van der Waals surface area contributed by atoms with Gasteiger partial charge in [0.25, 0.3) is 0 Å². The van der Waals surface area contributed by atoms with Gasteiger partial charge in [-0.25, -0.2) is 4.98 Å². The molecule has 2 aliphatic heterocycles. The van der Waals surface area contributed by atoms with Gasteiger partial charge in [0.2, 0.25) is 0 Å². The van der Waals surface area contributed by atoms with Crippen molar-refractivity contribution in [1.82, 2.24) is 4.98 Å². The Morgan fingerprint density at radius 3 is 2.31 bits per heavy atom. The third-order valence-corrected chi connectivity index (χ3v) is 7.66. The molecule has 1 unspecified atom stereocenters. The van der Waals surface area contributed by atoms with Gasteiger partial charge in [-0.05, 0) is 68.5 Å². The monoisotopic (exact) mass is 423 g/mol. The second-order valence-corrected chi connectivity index (χ2v) is 9.43. The topological polar surface area (TPSA) is 19.4 Å². The van der Waals surface area contributed by atoms with Crippen LogP contribution in [-0.4, -0.2) is 17.2 Å². The van der Waals surface area contributed by atoms with Crippen LogP contribution in [0.4, 0.5) is 17.2 Å². The standard InChI is InChI=1S/C29H33N3/c1-7-29(8-2)21(6)28-31(19(3)4)26-18-17-24(22-14-10-9-13-20(22)5)30-27(26)32(28)25-16-12-11-15-23(25)29/h9-19,28H,6-8H2,1-5H3. The minimum Gasteiger partial charge on any atom is -0.342 e. The van der Waals surface area contributed by atoms with Gasteiger partial charge in [0.1, 0.15) is 6.17 Å². The largest absolute Gasteiger partial charge is 0.342 e. The lowest BCUT2D eigenvalue weighted by Gasteiger charge is -2.50. The number of pyridine rings is 1. The first-order chi connectivity index (χ1) is 15.4. The molecule has 0 spiro atoms.